The number of hydrogen-bond acceptors (Lipinski definition) is 7. The first-order chi connectivity index (χ1) is 16.6. The molecule has 0 radical (unpaired) electrons. The summed E-state index contributed by atoms with van der Waals surface area (Å²) in [5, 5.41) is 8.30. The Balaban J connectivity index is 1.48. The molecule has 10 nitrogen and oxygen atoms in total. The molecule has 0 fully saturated rings. The number of aryl methyl sites for hydroxylation is 1. The second-order valence-corrected chi connectivity index (χ2v) is 7.48. The van der Waals surface area contributed by atoms with Gasteiger partial charge in [0, 0.05) is 38.2 Å². The van der Waals surface area contributed by atoms with E-state index in [1.54, 1.807) is 36.7 Å². The Morgan fingerprint density at radius 2 is 1.83 bits per heavy atom. The molecule has 2 aromatic carbocycles. The van der Waals surface area contributed by atoms with Crippen molar-refractivity contribution in [2.45, 2.75) is 19.7 Å². The number of amides is 2. The van der Waals surface area contributed by atoms with Gasteiger partial charge in [0.2, 0.25) is 11.9 Å². The lowest BCUT2D eigenvalue weighted by Gasteiger charge is -2.07. The van der Waals surface area contributed by atoms with Gasteiger partial charge in [-0.15, -0.1) is 13.2 Å². The van der Waals surface area contributed by atoms with Gasteiger partial charge in [-0.3, -0.25) is 14.9 Å². The molecule has 0 spiro atoms. The van der Waals surface area contributed by atoms with Crippen molar-refractivity contribution in [1.29, 1.82) is 0 Å². The molecule has 184 valence electrons. The highest BCUT2D eigenvalue weighted by Gasteiger charge is 2.31. The van der Waals surface area contributed by atoms with Gasteiger partial charge in [-0.05, 0) is 30.3 Å². The van der Waals surface area contributed by atoms with Crippen LogP contribution in [-0.4, -0.2) is 45.8 Å². The molecule has 0 saturated carbocycles. The zero-order valence-corrected chi connectivity index (χ0v) is 18.7. The average Bonchev–Trinajstić information content (AvgIpc) is 3.34. The number of halogens is 3. The molecule has 0 aliphatic heterocycles. The Kier molecular flexibility index (Phi) is 6.49. The largest absolute Gasteiger partial charge is 0.573 e. The van der Waals surface area contributed by atoms with E-state index in [-0.39, 0.29) is 30.0 Å². The molecule has 2 aromatic heterocycles. The number of fused-ring (bicyclic) bond motifs is 2. The first kappa shape index (κ1) is 23.9. The van der Waals surface area contributed by atoms with Gasteiger partial charge >= 0.3 is 12.4 Å². The third-order valence-corrected chi connectivity index (χ3v) is 5.01. The lowest BCUT2D eigenvalue weighted by atomic mass is 10.2. The Labute approximate surface area is 196 Å². The average molecular weight is 490 g/mol. The van der Waals surface area contributed by atoms with Crippen molar-refractivity contribution in [3.63, 3.8) is 0 Å². The Bertz CT molecular complexity index is 1400. The lowest BCUT2D eigenvalue weighted by molar-refractivity contribution is -0.274. The molecule has 0 saturated heterocycles. The van der Waals surface area contributed by atoms with Crippen LogP contribution >= 0.6 is 0 Å². The molecule has 2 amide bonds. The number of hydrogen-bond donors (Lipinski definition) is 3. The van der Waals surface area contributed by atoms with Gasteiger partial charge in [-0.1, -0.05) is 6.92 Å². The van der Waals surface area contributed by atoms with Crippen molar-refractivity contribution in [2.75, 3.05) is 18.4 Å². The minimum absolute atomic E-state index is 0.0228. The molecule has 0 unspecified atom stereocenters. The molecular weight excluding hydrogens is 469 g/mol. The second-order valence-electron chi connectivity index (χ2n) is 7.48. The van der Waals surface area contributed by atoms with Gasteiger partial charge in [0.05, 0.1) is 11.0 Å². The Hall–Kier alpha value is -4.29. The molecule has 35 heavy (non-hydrogen) atoms. The van der Waals surface area contributed by atoms with Crippen molar-refractivity contribution in [3.8, 4) is 5.75 Å². The number of imidazole rings is 1. The summed E-state index contributed by atoms with van der Waals surface area (Å²) in [6.45, 7) is 2.35. The van der Waals surface area contributed by atoms with Crippen LogP contribution < -0.4 is 20.7 Å². The summed E-state index contributed by atoms with van der Waals surface area (Å²) in [6.07, 6.45) is -4.44. The standard InChI is InChI=1S/C22H21F3N6O4/c1-3-18(32)26-8-9-27-19(33)12-4-7-16-15(10-12)28-20(31(16)2)30-21-29-14-6-5-13(11-17(14)34-21)35-22(23,24)25/h4-7,10-11H,3,8-9H2,1-2H3,(H,26,32)(H,27,33)(H,28,29,30). The van der Waals surface area contributed by atoms with Crippen molar-refractivity contribution in [1.82, 2.24) is 25.2 Å². The van der Waals surface area contributed by atoms with Crippen LogP contribution in [-0.2, 0) is 11.8 Å². The Morgan fingerprint density at radius 3 is 2.57 bits per heavy atom. The van der Waals surface area contributed by atoms with Crippen LogP contribution in [0.1, 0.15) is 23.7 Å². The monoisotopic (exact) mass is 490 g/mol. The maximum absolute atomic E-state index is 12.4. The number of oxazole rings is 1. The number of alkyl halides is 3. The molecule has 0 bridgehead atoms. The summed E-state index contributed by atoms with van der Waals surface area (Å²) >= 11 is 0. The maximum Gasteiger partial charge on any atom is 0.573 e. The van der Waals surface area contributed by atoms with Gasteiger partial charge in [-0.25, -0.2) is 4.98 Å². The minimum Gasteiger partial charge on any atom is -0.423 e. The normalized spacial score (nSPS) is 11.6. The number of carbonyl (C=O) groups is 2. The molecule has 0 aliphatic rings. The van der Waals surface area contributed by atoms with Crippen LogP contribution in [0.3, 0.4) is 0 Å². The van der Waals surface area contributed by atoms with Gasteiger partial charge in [0.25, 0.3) is 5.91 Å². The minimum atomic E-state index is -4.82. The second kappa shape index (κ2) is 9.52. The van der Waals surface area contributed by atoms with Crippen LogP contribution in [0.15, 0.2) is 40.8 Å². The van der Waals surface area contributed by atoms with E-state index in [9.17, 15) is 22.8 Å². The van der Waals surface area contributed by atoms with Gasteiger partial charge < -0.3 is 24.4 Å². The van der Waals surface area contributed by atoms with Crippen LogP contribution in [0, 0.1) is 0 Å². The van der Waals surface area contributed by atoms with E-state index in [1.165, 1.54) is 6.07 Å². The smallest absolute Gasteiger partial charge is 0.423 e. The van der Waals surface area contributed by atoms with E-state index in [2.05, 4.69) is 30.7 Å². The zero-order valence-electron chi connectivity index (χ0n) is 18.7. The van der Waals surface area contributed by atoms with Gasteiger partial charge in [0.15, 0.2) is 5.58 Å². The van der Waals surface area contributed by atoms with E-state index in [0.717, 1.165) is 17.6 Å². The van der Waals surface area contributed by atoms with E-state index in [1.807, 2.05) is 0 Å². The number of anilines is 2. The summed E-state index contributed by atoms with van der Waals surface area (Å²) < 4.78 is 48.5. The number of rotatable bonds is 8. The summed E-state index contributed by atoms with van der Waals surface area (Å²) in [7, 11) is 1.74. The topological polar surface area (TPSA) is 123 Å². The quantitative estimate of drug-likeness (QED) is 0.323. The van der Waals surface area contributed by atoms with Gasteiger partial charge in [-0.2, -0.15) is 4.98 Å². The molecule has 4 aromatic rings. The summed E-state index contributed by atoms with van der Waals surface area (Å²) in [5.41, 5.74) is 2.06. The third-order valence-electron chi connectivity index (χ3n) is 5.01. The van der Waals surface area contributed by atoms with Crippen LogP contribution in [0.2, 0.25) is 0 Å². The summed E-state index contributed by atoms with van der Waals surface area (Å²) in [6, 6.07) is 8.60. The summed E-state index contributed by atoms with van der Waals surface area (Å²) in [5.74, 6) is -0.482. The van der Waals surface area contributed by atoms with Crippen molar-refractivity contribution >= 4 is 45.9 Å². The highest BCUT2D eigenvalue weighted by Crippen LogP contribution is 2.29. The van der Waals surface area contributed by atoms with Crippen molar-refractivity contribution in [2.24, 2.45) is 7.05 Å². The molecule has 0 aliphatic carbocycles. The Morgan fingerprint density at radius 1 is 1.06 bits per heavy atom. The number of carbonyl (C=O) groups excluding carboxylic acids is 2. The molecule has 4 rings (SSSR count). The van der Waals surface area contributed by atoms with E-state index < -0.39 is 12.1 Å². The van der Waals surface area contributed by atoms with Crippen LogP contribution in [0.25, 0.3) is 22.1 Å². The third kappa shape index (κ3) is 5.62. The fraction of sp³-hybridized carbons (Fsp3) is 0.273. The molecule has 0 atom stereocenters. The van der Waals surface area contributed by atoms with Crippen molar-refractivity contribution < 1.29 is 31.9 Å². The summed E-state index contributed by atoms with van der Waals surface area (Å²) in [4.78, 5) is 32.3. The zero-order chi connectivity index (χ0) is 25.2. The van der Waals surface area contributed by atoms with Crippen LogP contribution in [0.4, 0.5) is 25.1 Å². The first-order valence-corrected chi connectivity index (χ1v) is 10.6. The molecule has 2 heterocycles. The number of nitrogens with zero attached hydrogens (tertiary/aromatic N) is 3. The maximum atomic E-state index is 12.4. The number of ether oxygens (including phenoxy) is 1. The van der Waals surface area contributed by atoms with E-state index in [0.29, 0.717) is 35.5 Å². The molecule has 3 N–H and O–H groups in total. The van der Waals surface area contributed by atoms with E-state index in [4.69, 9.17) is 4.42 Å². The van der Waals surface area contributed by atoms with E-state index >= 15 is 0 Å². The highest BCUT2D eigenvalue weighted by atomic mass is 19.4. The fourth-order valence-corrected chi connectivity index (χ4v) is 3.31. The van der Waals surface area contributed by atoms with Crippen LogP contribution in [0.5, 0.6) is 5.75 Å². The predicted molar refractivity (Wildman–Crippen MR) is 120 cm³/mol. The molecular formula is C22H21F3N6O4. The highest BCUT2D eigenvalue weighted by molar-refractivity contribution is 5.97. The fourth-order valence-electron chi connectivity index (χ4n) is 3.31. The lowest BCUT2D eigenvalue weighted by Crippen LogP contribution is -2.34. The number of benzene rings is 2. The molecule has 13 heteroatoms. The number of aromatic nitrogens is 3. The predicted octanol–water partition coefficient (Wildman–Crippen LogP) is 3.61. The van der Waals surface area contributed by atoms with Gasteiger partial charge in [0.1, 0.15) is 11.3 Å². The SMILES string of the molecule is CCC(=O)NCCNC(=O)c1ccc2c(c1)nc(Nc1nc3ccc(OC(F)(F)F)cc3o1)n2C. The first-order valence-electron chi connectivity index (χ1n) is 10.6. The number of nitrogens with one attached hydrogen (secondary N) is 3. The van der Waals surface area contributed by atoms with Crippen molar-refractivity contribution in [3.05, 3.63) is 42.0 Å².